The van der Waals surface area contributed by atoms with Crippen LogP contribution >= 0.6 is 11.8 Å². The number of carbonyl (C=O) groups excluding carboxylic acids is 3. The highest BCUT2D eigenvalue weighted by molar-refractivity contribution is 8.02. The maximum atomic E-state index is 14.4. The first-order chi connectivity index (χ1) is 16.4. The summed E-state index contributed by atoms with van der Waals surface area (Å²) in [6.45, 7) is 19.8. The molecule has 8 heteroatoms. The molecule has 0 aromatic heterocycles. The van der Waals surface area contributed by atoms with Crippen molar-refractivity contribution in [3.8, 4) is 0 Å². The molecule has 3 unspecified atom stereocenters. The zero-order valence-electron chi connectivity index (χ0n) is 22.0. The molecule has 0 radical (unpaired) electrons. The third-order valence-electron chi connectivity index (χ3n) is 7.96. The summed E-state index contributed by atoms with van der Waals surface area (Å²) in [6.07, 6.45) is 4.69. The number of thioether (sulfide) groups is 1. The SMILES string of the molecule is C=CCCOC(=O)[C@@H]1[C@@H]2CC(C)C3(S2)C(C(=O)N(CC=C)C(C)(C)C)N([C@@H](CO)C(C)C)C(=O)[C@H]13. The zero-order valence-corrected chi connectivity index (χ0v) is 22.8. The number of esters is 1. The minimum absolute atomic E-state index is 0.0553. The summed E-state index contributed by atoms with van der Waals surface area (Å²) in [5, 5.41) is 10.3. The lowest BCUT2D eigenvalue weighted by molar-refractivity contribution is -0.155. The number of ether oxygens (including phenoxy) is 1. The summed E-state index contributed by atoms with van der Waals surface area (Å²) in [5.41, 5.74) is -0.491. The molecule has 3 aliphatic heterocycles. The molecule has 0 aromatic rings. The molecule has 3 aliphatic rings. The molecular formula is C27H42N2O5S. The van der Waals surface area contributed by atoms with Crippen molar-refractivity contribution < 1.29 is 24.2 Å². The van der Waals surface area contributed by atoms with Crippen molar-refractivity contribution in [3.63, 3.8) is 0 Å². The number of likely N-dealkylation sites (tertiary alicyclic amines) is 1. The van der Waals surface area contributed by atoms with Crippen LogP contribution in [0.2, 0.25) is 0 Å². The second-order valence-electron chi connectivity index (χ2n) is 11.4. The first-order valence-electron chi connectivity index (χ1n) is 12.7. The molecule has 7 atom stereocenters. The van der Waals surface area contributed by atoms with Gasteiger partial charge in [0.2, 0.25) is 11.8 Å². The largest absolute Gasteiger partial charge is 0.465 e. The molecule has 3 saturated heterocycles. The van der Waals surface area contributed by atoms with E-state index < -0.39 is 34.2 Å². The maximum Gasteiger partial charge on any atom is 0.310 e. The van der Waals surface area contributed by atoms with Gasteiger partial charge in [0, 0.05) is 17.3 Å². The Labute approximate surface area is 214 Å². The number of amides is 2. The smallest absolute Gasteiger partial charge is 0.310 e. The second kappa shape index (κ2) is 10.3. The number of hydrogen-bond donors (Lipinski definition) is 1. The van der Waals surface area contributed by atoms with E-state index >= 15 is 0 Å². The van der Waals surface area contributed by atoms with Gasteiger partial charge in [-0.15, -0.1) is 24.9 Å². The number of nitrogens with zero attached hydrogens (tertiary/aromatic N) is 2. The predicted molar refractivity (Wildman–Crippen MR) is 139 cm³/mol. The minimum Gasteiger partial charge on any atom is -0.465 e. The third-order valence-corrected chi connectivity index (χ3v) is 10.0. The van der Waals surface area contributed by atoms with Crippen LogP contribution in [0.25, 0.3) is 0 Å². The lowest BCUT2D eigenvalue weighted by Gasteiger charge is -2.45. The van der Waals surface area contributed by atoms with Crippen LogP contribution in [0.3, 0.4) is 0 Å². The Hall–Kier alpha value is -1.80. The average molecular weight is 507 g/mol. The molecule has 0 saturated carbocycles. The number of hydrogen-bond acceptors (Lipinski definition) is 6. The fourth-order valence-corrected chi connectivity index (χ4v) is 8.68. The zero-order chi connectivity index (χ0) is 26.3. The summed E-state index contributed by atoms with van der Waals surface area (Å²) < 4.78 is 4.82. The van der Waals surface area contributed by atoms with Crippen molar-refractivity contribution in [2.45, 2.75) is 82.0 Å². The van der Waals surface area contributed by atoms with E-state index in [2.05, 4.69) is 20.1 Å². The van der Waals surface area contributed by atoms with Gasteiger partial charge in [0.25, 0.3) is 0 Å². The topological polar surface area (TPSA) is 87.2 Å². The summed E-state index contributed by atoms with van der Waals surface area (Å²) in [4.78, 5) is 45.3. The minimum atomic E-state index is -0.769. The predicted octanol–water partition coefficient (Wildman–Crippen LogP) is 3.27. The van der Waals surface area contributed by atoms with E-state index in [9.17, 15) is 19.5 Å². The third kappa shape index (κ3) is 4.45. The van der Waals surface area contributed by atoms with E-state index in [0.29, 0.717) is 13.0 Å². The maximum absolute atomic E-state index is 14.4. The van der Waals surface area contributed by atoms with Crippen LogP contribution in [0.15, 0.2) is 25.3 Å². The molecule has 3 heterocycles. The molecule has 1 spiro atoms. The molecule has 1 N–H and O–H groups in total. The standard InChI is InChI=1S/C27H42N2O5S/c1-9-11-13-34-25(33)20-19-14-17(5)27(35-19)21(20)23(31)29(18(15-30)16(3)4)22(27)24(32)28(12-10-2)26(6,7)8/h9-10,16-22,30H,1-2,11-15H2,3-8H3/t17?,18-,19-,20+,21-,22?,27?/m0/s1. The number of rotatable bonds is 10. The molecule has 196 valence electrons. The molecule has 0 aliphatic carbocycles. The van der Waals surface area contributed by atoms with Gasteiger partial charge in [0.15, 0.2) is 0 Å². The van der Waals surface area contributed by atoms with Gasteiger partial charge in [0.1, 0.15) is 6.04 Å². The van der Waals surface area contributed by atoms with Crippen LogP contribution in [-0.2, 0) is 19.1 Å². The van der Waals surface area contributed by atoms with Gasteiger partial charge in [-0.25, -0.2) is 0 Å². The normalized spacial score (nSPS) is 32.5. The van der Waals surface area contributed by atoms with Crippen molar-refractivity contribution in [1.29, 1.82) is 0 Å². The lowest BCUT2D eigenvalue weighted by Crippen LogP contribution is -2.62. The van der Waals surface area contributed by atoms with Crippen molar-refractivity contribution in [1.82, 2.24) is 9.80 Å². The molecule has 2 amide bonds. The van der Waals surface area contributed by atoms with E-state index in [1.165, 1.54) is 0 Å². The highest BCUT2D eigenvalue weighted by atomic mass is 32.2. The summed E-state index contributed by atoms with van der Waals surface area (Å²) in [5.74, 6) is -1.98. The molecule has 0 aromatic carbocycles. The van der Waals surface area contributed by atoms with E-state index in [4.69, 9.17) is 4.74 Å². The molecule has 35 heavy (non-hydrogen) atoms. The summed E-state index contributed by atoms with van der Waals surface area (Å²) in [7, 11) is 0. The molecule has 3 fully saturated rings. The van der Waals surface area contributed by atoms with E-state index in [-0.39, 0.29) is 48.1 Å². The highest BCUT2D eigenvalue weighted by Gasteiger charge is 2.77. The van der Waals surface area contributed by atoms with Crippen LogP contribution in [-0.4, -0.2) is 80.1 Å². The van der Waals surface area contributed by atoms with Gasteiger partial charge in [-0.3, -0.25) is 14.4 Å². The van der Waals surface area contributed by atoms with Gasteiger partial charge >= 0.3 is 5.97 Å². The van der Waals surface area contributed by atoms with Gasteiger partial charge in [-0.2, -0.15) is 0 Å². The van der Waals surface area contributed by atoms with Crippen LogP contribution in [0.5, 0.6) is 0 Å². The van der Waals surface area contributed by atoms with E-state index in [0.717, 1.165) is 6.42 Å². The Balaban J connectivity index is 2.14. The van der Waals surface area contributed by atoms with Crippen LogP contribution in [0, 0.1) is 23.7 Å². The Kier molecular flexibility index (Phi) is 8.17. The monoisotopic (exact) mass is 506 g/mol. The van der Waals surface area contributed by atoms with Crippen molar-refractivity contribution in [3.05, 3.63) is 25.3 Å². The molecular weight excluding hydrogens is 464 g/mol. The summed E-state index contributed by atoms with van der Waals surface area (Å²) >= 11 is 1.62. The number of aliphatic hydroxyl groups excluding tert-OH is 1. The number of carbonyl (C=O) groups is 3. The van der Waals surface area contributed by atoms with Crippen LogP contribution in [0.1, 0.15) is 54.4 Å². The van der Waals surface area contributed by atoms with Crippen LogP contribution < -0.4 is 0 Å². The quantitative estimate of drug-likeness (QED) is 0.278. The number of fused-ring (bicyclic) bond motifs is 1. The van der Waals surface area contributed by atoms with Gasteiger partial charge in [-0.05, 0) is 45.4 Å². The Morgan fingerprint density at radius 3 is 2.49 bits per heavy atom. The number of aliphatic hydroxyl groups is 1. The fourth-order valence-electron chi connectivity index (χ4n) is 6.29. The fraction of sp³-hybridized carbons (Fsp3) is 0.741. The van der Waals surface area contributed by atoms with Crippen molar-refractivity contribution >= 4 is 29.5 Å². The summed E-state index contributed by atoms with van der Waals surface area (Å²) in [6, 6.07) is -1.29. The molecule has 3 rings (SSSR count). The Morgan fingerprint density at radius 2 is 1.97 bits per heavy atom. The van der Waals surface area contributed by atoms with Crippen molar-refractivity contribution in [2.24, 2.45) is 23.7 Å². The van der Waals surface area contributed by atoms with Crippen molar-refractivity contribution in [2.75, 3.05) is 19.8 Å². The first-order valence-corrected chi connectivity index (χ1v) is 13.6. The second-order valence-corrected chi connectivity index (χ2v) is 13.0. The van der Waals surface area contributed by atoms with E-state index in [1.54, 1.807) is 33.7 Å². The van der Waals surface area contributed by atoms with Gasteiger partial charge in [0.05, 0.1) is 35.8 Å². The van der Waals surface area contributed by atoms with Crippen LogP contribution in [0.4, 0.5) is 0 Å². The lowest BCUT2D eigenvalue weighted by atomic mass is 9.66. The van der Waals surface area contributed by atoms with Gasteiger partial charge in [-0.1, -0.05) is 32.9 Å². The average Bonchev–Trinajstić information content (AvgIpc) is 3.35. The Morgan fingerprint density at radius 1 is 1.31 bits per heavy atom. The first kappa shape index (κ1) is 27.8. The van der Waals surface area contributed by atoms with Gasteiger partial charge < -0.3 is 19.6 Å². The Bertz CT molecular complexity index is 868. The molecule has 7 nitrogen and oxygen atoms in total. The molecule has 2 bridgehead atoms. The highest BCUT2D eigenvalue weighted by Crippen LogP contribution is 2.69. The van der Waals surface area contributed by atoms with E-state index in [1.807, 2.05) is 34.6 Å².